The van der Waals surface area contributed by atoms with Crippen LogP contribution in [0.1, 0.15) is 42.4 Å². The SMILES string of the molecule is CC(C)(C)c1ccc(S(=O)(=O)Nc2ccc3[nH]c(C(=O)Nc4ccc(C#N)cc4)c(-c4ccccc4)c3c2)cc1. The van der Waals surface area contributed by atoms with E-state index < -0.39 is 10.0 Å². The Morgan fingerprint density at radius 1 is 0.850 bits per heavy atom. The number of aromatic amines is 1. The van der Waals surface area contributed by atoms with E-state index in [1.165, 1.54) is 0 Å². The molecule has 0 saturated heterocycles. The fourth-order valence-electron chi connectivity index (χ4n) is 4.50. The molecular formula is C32H28N4O3S. The number of benzene rings is 4. The second kappa shape index (κ2) is 10.4. The molecule has 5 aromatic rings. The Bertz CT molecular complexity index is 1840. The van der Waals surface area contributed by atoms with Gasteiger partial charge in [0.15, 0.2) is 0 Å². The van der Waals surface area contributed by atoms with Crippen molar-refractivity contribution < 1.29 is 13.2 Å². The predicted octanol–water partition coefficient (Wildman–Crippen LogP) is 7.06. The molecule has 8 heteroatoms. The number of carbonyl (C=O) groups is 1. The van der Waals surface area contributed by atoms with Crippen LogP contribution in [-0.4, -0.2) is 19.3 Å². The van der Waals surface area contributed by atoms with Crippen LogP contribution in [0, 0.1) is 11.3 Å². The molecular weight excluding hydrogens is 520 g/mol. The number of fused-ring (bicyclic) bond motifs is 1. The van der Waals surface area contributed by atoms with Gasteiger partial charge >= 0.3 is 0 Å². The molecule has 4 aromatic carbocycles. The standard InChI is InChI=1S/C32H28N4O3S/c1-32(2,3)23-11-16-26(17-12-23)40(38,39)36-25-15-18-28-27(19-25)29(22-7-5-4-6-8-22)30(35-28)31(37)34-24-13-9-21(20-33)10-14-24/h4-19,35-36H,1-3H3,(H,34,37). The Balaban J connectivity index is 1.52. The summed E-state index contributed by atoms with van der Waals surface area (Å²) in [5, 5.41) is 12.6. The smallest absolute Gasteiger partial charge is 0.272 e. The minimum absolute atomic E-state index is 0.0903. The molecule has 7 nitrogen and oxygen atoms in total. The van der Waals surface area contributed by atoms with Crippen molar-refractivity contribution in [1.29, 1.82) is 5.26 Å². The van der Waals surface area contributed by atoms with E-state index in [1.807, 2.05) is 42.5 Å². The van der Waals surface area contributed by atoms with E-state index in [1.54, 1.807) is 54.6 Å². The van der Waals surface area contributed by atoms with E-state index in [9.17, 15) is 13.2 Å². The highest BCUT2D eigenvalue weighted by atomic mass is 32.2. The van der Waals surface area contributed by atoms with E-state index >= 15 is 0 Å². The second-order valence-corrected chi connectivity index (χ2v) is 12.2. The fourth-order valence-corrected chi connectivity index (χ4v) is 5.55. The summed E-state index contributed by atoms with van der Waals surface area (Å²) in [6.45, 7) is 6.22. The van der Waals surface area contributed by atoms with Gasteiger partial charge in [-0.1, -0.05) is 63.2 Å². The normalized spacial score (nSPS) is 11.7. The van der Waals surface area contributed by atoms with Gasteiger partial charge < -0.3 is 10.3 Å². The van der Waals surface area contributed by atoms with Crippen LogP contribution in [0.4, 0.5) is 11.4 Å². The summed E-state index contributed by atoms with van der Waals surface area (Å²) < 4.78 is 29.1. The fraction of sp³-hybridized carbons (Fsp3) is 0.125. The van der Waals surface area contributed by atoms with Crippen LogP contribution in [0.15, 0.2) is 102 Å². The number of amides is 1. The van der Waals surface area contributed by atoms with Gasteiger partial charge in [-0.15, -0.1) is 0 Å². The number of aromatic nitrogens is 1. The lowest BCUT2D eigenvalue weighted by Crippen LogP contribution is -2.14. The van der Waals surface area contributed by atoms with Crippen LogP contribution in [0.3, 0.4) is 0 Å². The molecule has 0 spiro atoms. The van der Waals surface area contributed by atoms with Crippen molar-refractivity contribution >= 4 is 38.2 Å². The predicted molar refractivity (Wildman–Crippen MR) is 159 cm³/mol. The summed E-state index contributed by atoms with van der Waals surface area (Å²) in [6, 6.07) is 30.1. The van der Waals surface area contributed by atoms with Crippen LogP contribution in [0.25, 0.3) is 22.0 Å². The lowest BCUT2D eigenvalue weighted by Gasteiger charge is -2.19. The Hall–Kier alpha value is -4.87. The van der Waals surface area contributed by atoms with E-state index in [0.29, 0.717) is 39.1 Å². The third-order valence-corrected chi connectivity index (χ3v) is 8.04. The molecule has 5 rings (SSSR count). The zero-order valence-electron chi connectivity index (χ0n) is 22.3. The van der Waals surface area contributed by atoms with Gasteiger partial charge in [0.1, 0.15) is 5.69 Å². The zero-order valence-corrected chi connectivity index (χ0v) is 23.1. The van der Waals surface area contributed by atoms with Crippen LogP contribution in [0.2, 0.25) is 0 Å². The summed E-state index contributed by atoms with van der Waals surface area (Å²) in [5.41, 5.74) is 4.84. The molecule has 3 N–H and O–H groups in total. The van der Waals surface area contributed by atoms with Gasteiger partial charge in [-0.05, 0) is 71.1 Å². The Morgan fingerprint density at radius 2 is 1.50 bits per heavy atom. The van der Waals surface area contributed by atoms with Crippen molar-refractivity contribution in [1.82, 2.24) is 4.98 Å². The van der Waals surface area contributed by atoms with Crippen LogP contribution in [0.5, 0.6) is 0 Å². The lowest BCUT2D eigenvalue weighted by atomic mass is 9.87. The molecule has 0 unspecified atom stereocenters. The van der Waals surface area contributed by atoms with E-state index in [2.05, 4.69) is 41.9 Å². The lowest BCUT2D eigenvalue weighted by molar-refractivity contribution is 0.102. The molecule has 40 heavy (non-hydrogen) atoms. The maximum absolute atomic E-state index is 13.4. The molecule has 0 aliphatic rings. The summed E-state index contributed by atoms with van der Waals surface area (Å²) in [6.07, 6.45) is 0. The molecule has 200 valence electrons. The van der Waals surface area contributed by atoms with E-state index in [4.69, 9.17) is 5.26 Å². The van der Waals surface area contributed by atoms with Crippen molar-refractivity contribution in [2.45, 2.75) is 31.1 Å². The molecule has 0 radical (unpaired) electrons. The minimum Gasteiger partial charge on any atom is -0.350 e. The number of nitriles is 1. The first kappa shape index (κ1) is 26.7. The van der Waals surface area contributed by atoms with Crippen molar-refractivity contribution in [2.75, 3.05) is 10.0 Å². The largest absolute Gasteiger partial charge is 0.350 e. The number of H-pyrrole nitrogens is 1. The maximum Gasteiger partial charge on any atom is 0.272 e. The van der Waals surface area contributed by atoms with Crippen LogP contribution < -0.4 is 10.0 Å². The van der Waals surface area contributed by atoms with Gasteiger partial charge in [0.05, 0.1) is 16.5 Å². The molecule has 0 aliphatic carbocycles. The van der Waals surface area contributed by atoms with Crippen LogP contribution >= 0.6 is 0 Å². The molecule has 0 atom stereocenters. The van der Waals surface area contributed by atoms with Crippen molar-refractivity contribution in [3.05, 3.63) is 114 Å². The summed E-state index contributed by atoms with van der Waals surface area (Å²) in [4.78, 5) is 16.8. The van der Waals surface area contributed by atoms with Crippen molar-refractivity contribution in [3.8, 4) is 17.2 Å². The molecule has 1 amide bonds. The van der Waals surface area contributed by atoms with Crippen molar-refractivity contribution in [2.24, 2.45) is 0 Å². The van der Waals surface area contributed by atoms with E-state index in [-0.39, 0.29) is 16.2 Å². The number of sulfonamides is 1. The number of nitrogens with one attached hydrogen (secondary N) is 3. The zero-order chi connectivity index (χ0) is 28.5. The highest BCUT2D eigenvalue weighted by molar-refractivity contribution is 7.92. The summed E-state index contributed by atoms with van der Waals surface area (Å²) in [5.74, 6) is -0.360. The highest BCUT2D eigenvalue weighted by Crippen LogP contribution is 2.35. The Kier molecular flexibility index (Phi) is 6.92. The van der Waals surface area contributed by atoms with Gasteiger partial charge in [0.25, 0.3) is 15.9 Å². The number of carbonyl (C=O) groups excluding carboxylic acids is 1. The topological polar surface area (TPSA) is 115 Å². The van der Waals surface area contributed by atoms with Gasteiger partial charge in [-0.25, -0.2) is 8.42 Å². The van der Waals surface area contributed by atoms with Gasteiger partial charge in [-0.3, -0.25) is 9.52 Å². The minimum atomic E-state index is -3.84. The first-order chi connectivity index (χ1) is 19.0. The quantitative estimate of drug-likeness (QED) is 0.211. The van der Waals surface area contributed by atoms with Gasteiger partial charge in [0, 0.05) is 27.8 Å². The average molecular weight is 549 g/mol. The third-order valence-electron chi connectivity index (χ3n) is 6.64. The first-order valence-electron chi connectivity index (χ1n) is 12.7. The molecule has 1 aromatic heterocycles. The van der Waals surface area contributed by atoms with E-state index in [0.717, 1.165) is 11.1 Å². The third kappa shape index (κ3) is 5.46. The molecule has 0 bridgehead atoms. The van der Waals surface area contributed by atoms with Gasteiger partial charge in [0.2, 0.25) is 0 Å². The highest BCUT2D eigenvalue weighted by Gasteiger charge is 2.22. The summed E-state index contributed by atoms with van der Waals surface area (Å²) >= 11 is 0. The van der Waals surface area contributed by atoms with Crippen LogP contribution in [-0.2, 0) is 15.4 Å². The monoisotopic (exact) mass is 548 g/mol. The number of rotatable bonds is 6. The molecule has 0 fully saturated rings. The Labute approximate surface area is 233 Å². The number of hydrogen-bond acceptors (Lipinski definition) is 4. The molecule has 1 heterocycles. The molecule has 0 aliphatic heterocycles. The first-order valence-corrected chi connectivity index (χ1v) is 14.2. The number of nitrogens with zero attached hydrogens (tertiary/aromatic N) is 1. The maximum atomic E-state index is 13.4. The number of anilines is 2. The molecule has 0 saturated carbocycles. The van der Waals surface area contributed by atoms with Crippen molar-refractivity contribution in [3.63, 3.8) is 0 Å². The Morgan fingerprint density at radius 3 is 2.12 bits per heavy atom. The van der Waals surface area contributed by atoms with Gasteiger partial charge in [-0.2, -0.15) is 5.26 Å². The number of hydrogen-bond donors (Lipinski definition) is 3. The average Bonchev–Trinajstić information content (AvgIpc) is 3.32. The second-order valence-electron chi connectivity index (χ2n) is 10.5. The summed E-state index contributed by atoms with van der Waals surface area (Å²) in [7, 11) is -3.84.